The molecular formula is C16H17N3O4. The van der Waals surface area contributed by atoms with Gasteiger partial charge in [0.15, 0.2) is 0 Å². The molecule has 2 amide bonds. The van der Waals surface area contributed by atoms with Gasteiger partial charge in [0.05, 0.1) is 11.0 Å². The summed E-state index contributed by atoms with van der Waals surface area (Å²) >= 11 is 0. The van der Waals surface area contributed by atoms with E-state index in [9.17, 15) is 14.9 Å². The molecule has 0 spiro atoms. The summed E-state index contributed by atoms with van der Waals surface area (Å²) in [5.74, 6) is 0.660. The van der Waals surface area contributed by atoms with Gasteiger partial charge in [0, 0.05) is 29.6 Å². The van der Waals surface area contributed by atoms with Crippen molar-refractivity contribution in [3.05, 3.63) is 58.6 Å². The molecule has 0 atom stereocenters. The number of hydrogen-bond acceptors (Lipinski definition) is 4. The van der Waals surface area contributed by atoms with Crippen molar-refractivity contribution in [2.75, 3.05) is 10.6 Å². The molecule has 0 heterocycles. The van der Waals surface area contributed by atoms with Gasteiger partial charge >= 0.3 is 6.03 Å². The standard InChI is InChI=1S/C16H17N3O4/c1-11(2)23-15-5-3-4-13(10-15)18-16(20)17-12-6-8-14(9-7-12)19(21)22/h3-11H,1-2H3,(H2,17,18,20). The Balaban J connectivity index is 1.97. The molecule has 2 aromatic carbocycles. The molecule has 0 saturated heterocycles. The van der Waals surface area contributed by atoms with E-state index in [0.717, 1.165) is 0 Å². The number of non-ortho nitro benzene ring substituents is 1. The molecule has 120 valence electrons. The second-order valence-electron chi connectivity index (χ2n) is 5.08. The highest BCUT2D eigenvalue weighted by Gasteiger charge is 2.07. The molecule has 0 aliphatic rings. The molecule has 2 aromatic rings. The van der Waals surface area contributed by atoms with Crippen LogP contribution in [0.25, 0.3) is 0 Å². The number of hydrogen-bond donors (Lipinski definition) is 2. The van der Waals surface area contributed by atoms with E-state index in [4.69, 9.17) is 4.74 Å². The SMILES string of the molecule is CC(C)Oc1cccc(NC(=O)Nc2ccc([N+](=O)[O-])cc2)c1. The van der Waals surface area contributed by atoms with E-state index < -0.39 is 11.0 Å². The third kappa shape index (κ3) is 4.99. The number of benzene rings is 2. The Bertz CT molecular complexity index is 699. The van der Waals surface area contributed by atoms with Crippen molar-refractivity contribution in [2.45, 2.75) is 20.0 Å². The van der Waals surface area contributed by atoms with E-state index in [-0.39, 0.29) is 11.8 Å². The van der Waals surface area contributed by atoms with Gasteiger partial charge < -0.3 is 15.4 Å². The van der Waals surface area contributed by atoms with Gasteiger partial charge in [-0.1, -0.05) is 6.07 Å². The summed E-state index contributed by atoms with van der Waals surface area (Å²) in [5, 5.41) is 15.9. The molecule has 2 N–H and O–H groups in total. The lowest BCUT2D eigenvalue weighted by molar-refractivity contribution is -0.384. The van der Waals surface area contributed by atoms with E-state index >= 15 is 0 Å². The number of nitro benzene ring substituents is 1. The molecule has 0 radical (unpaired) electrons. The molecule has 7 nitrogen and oxygen atoms in total. The van der Waals surface area contributed by atoms with Crippen LogP contribution >= 0.6 is 0 Å². The van der Waals surface area contributed by atoms with Crippen LogP contribution in [-0.2, 0) is 0 Å². The zero-order chi connectivity index (χ0) is 16.8. The smallest absolute Gasteiger partial charge is 0.323 e. The minimum atomic E-state index is -0.496. The molecule has 2 rings (SSSR count). The van der Waals surface area contributed by atoms with Crippen molar-refractivity contribution in [2.24, 2.45) is 0 Å². The lowest BCUT2D eigenvalue weighted by atomic mass is 10.3. The van der Waals surface area contributed by atoms with E-state index in [1.54, 1.807) is 24.3 Å². The van der Waals surface area contributed by atoms with Crippen LogP contribution in [0.3, 0.4) is 0 Å². The molecule has 0 unspecified atom stereocenters. The van der Waals surface area contributed by atoms with Crippen molar-refractivity contribution >= 4 is 23.1 Å². The summed E-state index contributed by atoms with van der Waals surface area (Å²) in [6, 6.07) is 12.2. The first-order chi connectivity index (χ1) is 10.9. The molecule has 23 heavy (non-hydrogen) atoms. The maximum atomic E-state index is 11.9. The highest BCUT2D eigenvalue weighted by atomic mass is 16.6. The van der Waals surface area contributed by atoms with E-state index in [0.29, 0.717) is 17.1 Å². The van der Waals surface area contributed by atoms with Crippen molar-refractivity contribution < 1.29 is 14.5 Å². The van der Waals surface area contributed by atoms with E-state index in [1.165, 1.54) is 24.3 Å². The Labute approximate surface area is 133 Å². The van der Waals surface area contributed by atoms with Gasteiger partial charge in [0.25, 0.3) is 5.69 Å². The first-order valence-corrected chi connectivity index (χ1v) is 7.03. The third-order valence-corrected chi connectivity index (χ3v) is 2.80. The number of carbonyl (C=O) groups is 1. The zero-order valence-electron chi connectivity index (χ0n) is 12.8. The Hall–Kier alpha value is -3.09. The van der Waals surface area contributed by atoms with Crippen LogP contribution in [0.4, 0.5) is 21.9 Å². The molecule has 0 bridgehead atoms. The fourth-order valence-electron chi connectivity index (χ4n) is 1.88. The molecule has 0 fully saturated rings. The lowest BCUT2D eigenvalue weighted by Crippen LogP contribution is -2.19. The number of rotatable bonds is 5. The lowest BCUT2D eigenvalue weighted by Gasteiger charge is -2.12. The minimum absolute atomic E-state index is 0.0329. The van der Waals surface area contributed by atoms with Crippen molar-refractivity contribution in [3.8, 4) is 5.75 Å². The quantitative estimate of drug-likeness (QED) is 0.643. The predicted molar refractivity (Wildman–Crippen MR) is 87.9 cm³/mol. The van der Waals surface area contributed by atoms with Crippen LogP contribution in [0.1, 0.15) is 13.8 Å². The highest BCUT2D eigenvalue weighted by Crippen LogP contribution is 2.19. The van der Waals surface area contributed by atoms with Gasteiger partial charge in [-0.05, 0) is 38.1 Å². The zero-order valence-corrected chi connectivity index (χ0v) is 12.8. The summed E-state index contributed by atoms with van der Waals surface area (Å²) in [5.41, 5.74) is 1.01. The number of amides is 2. The Morgan fingerprint density at radius 1 is 1.09 bits per heavy atom. The summed E-state index contributed by atoms with van der Waals surface area (Å²) in [6.07, 6.45) is 0.0409. The van der Waals surface area contributed by atoms with Crippen LogP contribution < -0.4 is 15.4 Å². The van der Waals surface area contributed by atoms with Crippen LogP contribution in [0.5, 0.6) is 5.75 Å². The topological polar surface area (TPSA) is 93.5 Å². The van der Waals surface area contributed by atoms with Crippen molar-refractivity contribution in [3.63, 3.8) is 0 Å². The largest absolute Gasteiger partial charge is 0.491 e. The van der Waals surface area contributed by atoms with Gasteiger partial charge in [-0.25, -0.2) is 4.79 Å². The number of nitro groups is 1. The fourth-order valence-corrected chi connectivity index (χ4v) is 1.88. The normalized spacial score (nSPS) is 10.2. The van der Waals surface area contributed by atoms with Gasteiger partial charge in [-0.3, -0.25) is 10.1 Å². The summed E-state index contributed by atoms with van der Waals surface area (Å²) in [7, 11) is 0. The second kappa shape index (κ2) is 7.26. The Morgan fingerprint density at radius 3 is 2.35 bits per heavy atom. The predicted octanol–water partition coefficient (Wildman–Crippen LogP) is 4.03. The molecular weight excluding hydrogens is 298 g/mol. The second-order valence-corrected chi connectivity index (χ2v) is 5.08. The van der Waals surface area contributed by atoms with Gasteiger partial charge in [-0.15, -0.1) is 0 Å². The summed E-state index contributed by atoms with van der Waals surface area (Å²) in [4.78, 5) is 22.0. The van der Waals surface area contributed by atoms with Crippen LogP contribution in [0.15, 0.2) is 48.5 Å². The maximum absolute atomic E-state index is 11.9. The first kappa shape index (κ1) is 16.3. The first-order valence-electron chi connectivity index (χ1n) is 7.03. The average Bonchev–Trinajstić information content (AvgIpc) is 2.47. The third-order valence-electron chi connectivity index (χ3n) is 2.80. The minimum Gasteiger partial charge on any atom is -0.491 e. The van der Waals surface area contributed by atoms with E-state index in [2.05, 4.69) is 10.6 Å². The van der Waals surface area contributed by atoms with Gasteiger partial charge in [-0.2, -0.15) is 0 Å². The number of nitrogens with zero attached hydrogens (tertiary/aromatic N) is 1. The molecule has 0 saturated carbocycles. The van der Waals surface area contributed by atoms with Crippen LogP contribution in [0, 0.1) is 10.1 Å². The van der Waals surface area contributed by atoms with Crippen molar-refractivity contribution in [1.82, 2.24) is 0 Å². The van der Waals surface area contributed by atoms with Crippen molar-refractivity contribution in [1.29, 1.82) is 0 Å². The summed E-state index contributed by atoms with van der Waals surface area (Å²) in [6.45, 7) is 3.84. The maximum Gasteiger partial charge on any atom is 0.323 e. The highest BCUT2D eigenvalue weighted by molar-refractivity contribution is 5.99. The van der Waals surface area contributed by atoms with Crippen LogP contribution in [-0.4, -0.2) is 17.1 Å². The number of urea groups is 1. The Morgan fingerprint density at radius 2 is 1.74 bits per heavy atom. The molecule has 0 aliphatic carbocycles. The number of nitrogens with one attached hydrogen (secondary N) is 2. The van der Waals surface area contributed by atoms with E-state index in [1.807, 2.05) is 13.8 Å². The molecule has 0 aliphatic heterocycles. The number of anilines is 2. The average molecular weight is 315 g/mol. The van der Waals surface area contributed by atoms with Gasteiger partial charge in [0.1, 0.15) is 5.75 Å². The van der Waals surface area contributed by atoms with Crippen LogP contribution in [0.2, 0.25) is 0 Å². The fraction of sp³-hybridized carbons (Fsp3) is 0.188. The summed E-state index contributed by atoms with van der Waals surface area (Å²) < 4.78 is 5.55. The number of carbonyl (C=O) groups excluding carboxylic acids is 1. The monoisotopic (exact) mass is 315 g/mol. The molecule has 7 heteroatoms. The Kier molecular flexibility index (Phi) is 5.14. The van der Waals surface area contributed by atoms with Gasteiger partial charge in [0.2, 0.25) is 0 Å². The number of ether oxygens (including phenoxy) is 1. The molecule has 0 aromatic heterocycles.